The van der Waals surface area contributed by atoms with Gasteiger partial charge in [0.05, 0.1) is 18.0 Å². The van der Waals surface area contributed by atoms with Gasteiger partial charge in [-0.25, -0.2) is 5.43 Å². The number of rotatable bonds is 10. The molecule has 5 N–H and O–H groups in total. The van der Waals surface area contributed by atoms with E-state index in [1.54, 1.807) is 19.0 Å². The summed E-state index contributed by atoms with van der Waals surface area (Å²) in [5, 5.41) is 18.8. The van der Waals surface area contributed by atoms with Crippen LogP contribution in [0.4, 0.5) is 0 Å². The van der Waals surface area contributed by atoms with Gasteiger partial charge < -0.3 is 20.9 Å². The second-order valence-corrected chi connectivity index (χ2v) is 12.2. The highest BCUT2D eigenvalue weighted by molar-refractivity contribution is 5.95. The molecule has 1 heterocycles. The molecule has 10 heteroatoms. The molecule has 1 aromatic carbocycles. The summed E-state index contributed by atoms with van der Waals surface area (Å²) < 4.78 is 0. The van der Waals surface area contributed by atoms with Crippen molar-refractivity contribution in [1.29, 1.82) is 5.26 Å². The third-order valence-electron chi connectivity index (χ3n) is 9.88. The van der Waals surface area contributed by atoms with Crippen molar-refractivity contribution in [2.45, 2.75) is 75.8 Å². The van der Waals surface area contributed by atoms with Crippen molar-refractivity contribution < 1.29 is 14.4 Å². The molecule has 42 heavy (non-hydrogen) atoms. The lowest BCUT2D eigenvalue weighted by Gasteiger charge is -2.48. The van der Waals surface area contributed by atoms with E-state index in [2.05, 4.69) is 39.5 Å². The van der Waals surface area contributed by atoms with E-state index in [1.165, 1.54) is 0 Å². The number of nitrogens with one attached hydrogen (secondary N) is 5. The van der Waals surface area contributed by atoms with Gasteiger partial charge in [-0.1, -0.05) is 12.6 Å². The summed E-state index contributed by atoms with van der Waals surface area (Å²) in [6.45, 7) is 7.01. The molecule has 0 radical (unpaired) electrons. The largest absolute Gasteiger partial charge is 0.392 e. The van der Waals surface area contributed by atoms with Crippen LogP contribution in [0.1, 0.15) is 73.4 Å². The van der Waals surface area contributed by atoms with Gasteiger partial charge in [-0.3, -0.25) is 19.8 Å². The second kappa shape index (κ2) is 13.7. The number of amides is 3. The molecule has 1 saturated carbocycles. The Bertz CT molecular complexity index is 1230. The molecule has 2 aliphatic carbocycles. The fourth-order valence-electron chi connectivity index (χ4n) is 7.80. The lowest BCUT2D eigenvalue weighted by molar-refractivity contribution is -0.132. The number of nitrogens with zero attached hydrogens (tertiary/aromatic N) is 2. The maximum Gasteiger partial charge on any atom is 0.251 e. The average molecular weight is 578 g/mol. The van der Waals surface area contributed by atoms with Crippen molar-refractivity contribution in [2.75, 3.05) is 34.2 Å². The normalized spacial score (nSPS) is 27.5. The van der Waals surface area contributed by atoms with Gasteiger partial charge in [-0.15, -0.1) is 0 Å². The van der Waals surface area contributed by atoms with Crippen LogP contribution < -0.4 is 26.8 Å². The van der Waals surface area contributed by atoms with Crippen LogP contribution in [0.3, 0.4) is 0 Å². The zero-order valence-electron chi connectivity index (χ0n) is 25.5. The highest BCUT2D eigenvalue weighted by Crippen LogP contribution is 2.53. The van der Waals surface area contributed by atoms with E-state index in [9.17, 15) is 19.6 Å². The van der Waals surface area contributed by atoms with Crippen molar-refractivity contribution in [3.63, 3.8) is 0 Å². The first-order valence-electron chi connectivity index (χ1n) is 15.3. The lowest BCUT2D eigenvalue weighted by Crippen LogP contribution is -2.57. The number of carbonyl (C=O) groups excluding carboxylic acids is 3. The fraction of sp³-hybridized carbons (Fsp3) is 0.625. The monoisotopic (exact) mass is 577 g/mol. The third-order valence-corrected chi connectivity index (χ3v) is 9.88. The van der Waals surface area contributed by atoms with Crippen LogP contribution in [-0.2, 0) is 21.4 Å². The highest BCUT2D eigenvalue weighted by atomic mass is 16.2. The van der Waals surface area contributed by atoms with Crippen molar-refractivity contribution >= 4 is 17.7 Å². The first kappa shape index (κ1) is 31.5. The molecule has 0 spiro atoms. The minimum atomic E-state index is -0.884. The molecular formula is C32H47N7O3. The number of hydrogen-bond donors (Lipinski definition) is 5. The third kappa shape index (κ3) is 6.18. The Morgan fingerprint density at radius 3 is 2.62 bits per heavy atom. The first-order chi connectivity index (χ1) is 20.2. The quantitative estimate of drug-likeness (QED) is 0.269. The molecule has 6 atom stereocenters. The summed E-state index contributed by atoms with van der Waals surface area (Å²) in [6.07, 6.45) is 6.48. The topological polar surface area (TPSA) is 138 Å². The molecule has 2 fully saturated rings. The molecule has 5 unspecified atom stereocenters. The molecule has 3 amide bonds. The van der Waals surface area contributed by atoms with Crippen LogP contribution >= 0.6 is 0 Å². The Morgan fingerprint density at radius 1 is 1.14 bits per heavy atom. The molecule has 1 saturated heterocycles. The number of allylic oxidation sites excluding steroid dienone is 1. The second-order valence-electron chi connectivity index (χ2n) is 12.2. The van der Waals surface area contributed by atoms with Gasteiger partial charge in [-0.2, -0.15) is 5.26 Å². The summed E-state index contributed by atoms with van der Waals surface area (Å²) in [5.74, 6) is 0.361. The SMILES string of the molecule is C=C(NC)C1CCC2C(CCc3cc(C(=O)NC)ccc3C2(C[C@H](C)NCC(=O)N2CCCC2C#N)C(=O)NNC)C1. The molecule has 0 bridgehead atoms. The zero-order valence-corrected chi connectivity index (χ0v) is 25.5. The highest BCUT2D eigenvalue weighted by Gasteiger charge is 2.54. The predicted octanol–water partition coefficient (Wildman–Crippen LogP) is 2.13. The Hall–Kier alpha value is -3.42. The molecule has 0 aromatic heterocycles. The fourth-order valence-corrected chi connectivity index (χ4v) is 7.80. The van der Waals surface area contributed by atoms with Crippen LogP contribution in [0, 0.1) is 29.1 Å². The van der Waals surface area contributed by atoms with E-state index in [0.717, 1.165) is 55.3 Å². The molecule has 3 aliphatic rings. The van der Waals surface area contributed by atoms with Crippen LogP contribution in [0.5, 0.6) is 0 Å². The predicted molar refractivity (Wildman–Crippen MR) is 162 cm³/mol. The number of nitriles is 1. The van der Waals surface area contributed by atoms with Crippen LogP contribution in [0.15, 0.2) is 30.5 Å². The maximum atomic E-state index is 14.4. The van der Waals surface area contributed by atoms with Gasteiger partial charge in [-0.05, 0) is 99.3 Å². The van der Waals surface area contributed by atoms with E-state index < -0.39 is 5.41 Å². The molecule has 1 aliphatic heterocycles. The van der Waals surface area contributed by atoms with Crippen LogP contribution in [0.2, 0.25) is 0 Å². The Labute approximate surface area is 250 Å². The minimum Gasteiger partial charge on any atom is -0.392 e. The van der Waals surface area contributed by atoms with Gasteiger partial charge in [0.25, 0.3) is 5.91 Å². The summed E-state index contributed by atoms with van der Waals surface area (Å²) >= 11 is 0. The van der Waals surface area contributed by atoms with Crippen LogP contribution in [0.25, 0.3) is 0 Å². The van der Waals surface area contributed by atoms with E-state index in [1.807, 2.05) is 32.2 Å². The lowest BCUT2D eigenvalue weighted by atomic mass is 9.57. The molecule has 10 nitrogen and oxygen atoms in total. The number of likely N-dealkylation sites (tertiary alicyclic amines) is 1. The van der Waals surface area contributed by atoms with Gasteiger partial charge in [0, 0.05) is 45.0 Å². The maximum absolute atomic E-state index is 14.4. The minimum absolute atomic E-state index is 0.0698. The Morgan fingerprint density at radius 2 is 1.93 bits per heavy atom. The van der Waals surface area contributed by atoms with Gasteiger partial charge >= 0.3 is 0 Å². The number of hydrogen-bond acceptors (Lipinski definition) is 7. The summed E-state index contributed by atoms with van der Waals surface area (Å²) in [5.41, 5.74) is 8.55. The van der Waals surface area contributed by atoms with Crippen LogP contribution in [-0.4, -0.2) is 68.9 Å². The van der Waals surface area contributed by atoms with E-state index >= 15 is 0 Å². The van der Waals surface area contributed by atoms with Gasteiger partial charge in [0.1, 0.15) is 6.04 Å². The Balaban J connectivity index is 1.72. The van der Waals surface area contributed by atoms with E-state index in [0.29, 0.717) is 30.9 Å². The smallest absolute Gasteiger partial charge is 0.251 e. The van der Waals surface area contributed by atoms with E-state index in [-0.39, 0.29) is 48.2 Å². The molecule has 1 aromatic rings. The molecule has 228 valence electrons. The number of carbonyl (C=O) groups is 3. The van der Waals surface area contributed by atoms with Crippen molar-refractivity contribution in [3.8, 4) is 6.07 Å². The number of hydrazine groups is 1. The van der Waals surface area contributed by atoms with Crippen molar-refractivity contribution in [2.24, 2.45) is 17.8 Å². The summed E-state index contributed by atoms with van der Waals surface area (Å²) in [7, 11) is 5.24. The zero-order chi connectivity index (χ0) is 30.4. The Kier molecular flexibility index (Phi) is 10.3. The molecular weight excluding hydrogens is 530 g/mol. The average Bonchev–Trinajstić information content (AvgIpc) is 3.45. The number of benzene rings is 1. The molecule has 4 rings (SSSR count). The number of fused-ring (bicyclic) bond motifs is 2. The summed E-state index contributed by atoms with van der Waals surface area (Å²) in [6, 6.07) is 7.46. The van der Waals surface area contributed by atoms with Crippen molar-refractivity contribution in [1.82, 2.24) is 31.7 Å². The van der Waals surface area contributed by atoms with Gasteiger partial charge in [0.2, 0.25) is 11.8 Å². The first-order valence-corrected chi connectivity index (χ1v) is 15.3. The standard InChI is InChI=1S/C32H47N7O3/c1-20(37-19-29(40)39-14-6-7-26(39)18-33)17-32(31(42)38-36-5)27-12-10-22(21(2)34-3)15-23(27)8-9-24-16-25(30(41)35-4)11-13-28(24)32/h11,13,16,20,22-23,26-27,34,36-37H,2,6-10,12,14-15,17,19H2,1,3-5H3,(H,35,41)(H,38,42)/t20-,22?,23?,26?,27?,32?/m0/s1. The number of aryl methyl sites for hydroxylation is 1. The van der Waals surface area contributed by atoms with E-state index in [4.69, 9.17) is 0 Å². The van der Waals surface area contributed by atoms with Gasteiger partial charge in [0.15, 0.2) is 0 Å². The summed E-state index contributed by atoms with van der Waals surface area (Å²) in [4.78, 5) is 41.7. The van der Waals surface area contributed by atoms with Crippen molar-refractivity contribution in [3.05, 3.63) is 47.2 Å².